The third-order valence-electron chi connectivity index (χ3n) is 3.45. The quantitative estimate of drug-likeness (QED) is 0.825. The number of rotatable bonds is 2. The summed E-state index contributed by atoms with van der Waals surface area (Å²) in [6, 6.07) is 5.71. The van der Waals surface area contributed by atoms with Crippen LogP contribution >= 0.6 is 0 Å². The van der Waals surface area contributed by atoms with Crippen molar-refractivity contribution in [3.8, 4) is 17.2 Å². The van der Waals surface area contributed by atoms with Gasteiger partial charge in [-0.3, -0.25) is 0 Å². The fourth-order valence-corrected chi connectivity index (χ4v) is 2.47. The van der Waals surface area contributed by atoms with E-state index in [4.69, 9.17) is 18.9 Å². The summed E-state index contributed by atoms with van der Waals surface area (Å²) in [6.07, 6.45) is 1.32. The summed E-state index contributed by atoms with van der Waals surface area (Å²) in [5.74, 6) is 2.20. The van der Waals surface area contributed by atoms with Crippen LogP contribution in [0.4, 0.5) is 0 Å². The standard InChI is InChI=1S/C14H15N3O4/c1-2-11-12(20-6-5-19-11)7-10(1)17-14(15-9-16-17)13-8-18-3-4-21-13/h1-2,7,9,13H,3-6,8H2/t13-/m1/s1. The van der Waals surface area contributed by atoms with E-state index in [0.29, 0.717) is 33.0 Å². The van der Waals surface area contributed by atoms with Crippen LogP contribution in [0.5, 0.6) is 11.5 Å². The molecule has 0 radical (unpaired) electrons. The number of hydrogen-bond donors (Lipinski definition) is 0. The summed E-state index contributed by atoms with van der Waals surface area (Å²) >= 11 is 0. The molecule has 2 aliphatic rings. The molecule has 1 aromatic heterocycles. The van der Waals surface area contributed by atoms with E-state index < -0.39 is 0 Å². The highest BCUT2D eigenvalue weighted by Gasteiger charge is 2.23. The minimum absolute atomic E-state index is 0.200. The maximum Gasteiger partial charge on any atom is 0.163 e. The molecular formula is C14H15N3O4. The van der Waals surface area contributed by atoms with Crippen LogP contribution in [0.1, 0.15) is 11.9 Å². The highest BCUT2D eigenvalue weighted by Crippen LogP contribution is 2.32. The van der Waals surface area contributed by atoms with Gasteiger partial charge in [0.1, 0.15) is 25.6 Å². The van der Waals surface area contributed by atoms with E-state index in [1.54, 1.807) is 4.68 Å². The lowest BCUT2D eigenvalue weighted by Gasteiger charge is -2.23. The van der Waals surface area contributed by atoms with Gasteiger partial charge in [0.25, 0.3) is 0 Å². The summed E-state index contributed by atoms with van der Waals surface area (Å²) in [4.78, 5) is 4.30. The molecule has 0 saturated carbocycles. The minimum atomic E-state index is -0.200. The van der Waals surface area contributed by atoms with Crippen molar-refractivity contribution in [1.82, 2.24) is 14.8 Å². The van der Waals surface area contributed by atoms with Crippen molar-refractivity contribution in [2.75, 3.05) is 33.0 Å². The lowest BCUT2D eigenvalue weighted by Crippen LogP contribution is -2.24. The molecule has 0 unspecified atom stereocenters. The number of nitrogens with zero attached hydrogens (tertiary/aromatic N) is 3. The first-order chi connectivity index (χ1) is 10.4. The Morgan fingerprint density at radius 3 is 2.81 bits per heavy atom. The Balaban J connectivity index is 1.68. The number of fused-ring (bicyclic) bond motifs is 1. The zero-order valence-corrected chi connectivity index (χ0v) is 11.4. The SMILES string of the molecule is c1nc([C@H]2COCCO2)n(-c2ccc3c(c2)OCCO3)n1. The Kier molecular flexibility index (Phi) is 3.21. The summed E-state index contributed by atoms with van der Waals surface area (Å²) in [7, 11) is 0. The Labute approximate surface area is 121 Å². The van der Waals surface area contributed by atoms with Gasteiger partial charge < -0.3 is 18.9 Å². The van der Waals surface area contributed by atoms with E-state index in [9.17, 15) is 0 Å². The van der Waals surface area contributed by atoms with Gasteiger partial charge >= 0.3 is 0 Å². The normalized spacial score (nSPS) is 21.2. The number of aromatic nitrogens is 3. The zero-order valence-electron chi connectivity index (χ0n) is 11.4. The van der Waals surface area contributed by atoms with Gasteiger partial charge in [0.15, 0.2) is 17.3 Å². The molecule has 0 bridgehead atoms. The van der Waals surface area contributed by atoms with Gasteiger partial charge in [0.05, 0.1) is 25.5 Å². The third kappa shape index (κ3) is 2.34. The molecule has 0 aliphatic carbocycles. The van der Waals surface area contributed by atoms with Crippen molar-refractivity contribution in [2.24, 2.45) is 0 Å². The van der Waals surface area contributed by atoms with Gasteiger partial charge in [0, 0.05) is 6.07 Å². The van der Waals surface area contributed by atoms with Crippen molar-refractivity contribution in [2.45, 2.75) is 6.10 Å². The molecule has 1 fully saturated rings. The first-order valence-corrected chi connectivity index (χ1v) is 6.91. The number of ether oxygens (including phenoxy) is 4. The molecular weight excluding hydrogens is 274 g/mol. The van der Waals surface area contributed by atoms with Crippen molar-refractivity contribution in [3.05, 3.63) is 30.4 Å². The van der Waals surface area contributed by atoms with Crippen molar-refractivity contribution in [3.63, 3.8) is 0 Å². The fourth-order valence-electron chi connectivity index (χ4n) is 2.47. The zero-order chi connectivity index (χ0) is 14.1. The highest BCUT2D eigenvalue weighted by atomic mass is 16.6. The molecule has 3 heterocycles. The Morgan fingerprint density at radius 1 is 1.05 bits per heavy atom. The predicted octanol–water partition coefficient (Wildman–Crippen LogP) is 1.13. The smallest absolute Gasteiger partial charge is 0.163 e. The van der Waals surface area contributed by atoms with Crippen LogP contribution in [-0.4, -0.2) is 47.8 Å². The van der Waals surface area contributed by atoms with Crippen LogP contribution in [0.2, 0.25) is 0 Å². The maximum absolute atomic E-state index is 5.69. The van der Waals surface area contributed by atoms with Crippen molar-refractivity contribution >= 4 is 0 Å². The third-order valence-corrected chi connectivity index (χ3v) is 3.45. The van der Waals surface area contributed by atoms with Crippen LogP contribution < -0.4 is 9.47 Å². The lowest BCUT2D eigenvalue weighted by molar-refractivity contribution is -0.0942. The first-order valence-electron chi connectivity index (χ1n) is 6.91. The second-order valence-corrected chi connectivity index (χ2v) is 4.79. The van der Waals surface area contributed by atoms with Crippen LogP contribution in [0.25, 0.3) is 5.69 Å². The Hall–Kier alpha value is -2.12. The monoisotopic (exact) mass is 289 g/mol. The minimum Gasteiger partial charge on any atom is -0.486 e. The summed E-state index contributed by atoms with van der Waals surface area (Å²) in [6.45, 7) is 2.81. The van der Waals surface area contributed by atoms with E-state index in [-0.39, 0.29) is 6.10 Å². The largest absolute Gasteiger partial charge is 0.486 e. The van der Waals surface area contributed by atoms with Crippen LogP contribution in [0, 0.1) is 0 Å². The van der Waals surface area contributed by atoms with Crippen LogP contribution in [0.15, 0.2) is 24.5 Å². The van der Waals surface area contributed by atoms with Crippen molar-refractivity contribution in [1.29, 1.82) is 0 Å². The number of hydrogen-bond acceptors (Lipinski definition) is 6. The van der Waals surface area contributed by atoms with Gasteiger partial charge in [-0.25, -0.2) is 9.67 Å². The number of benzene rings is 1. The van der Waals surface area contributed by atoms with E-state index >= 15 is 0 Å². The molecule has 110 valence electrons. The highest BCUT2D eigenvalue weighted by molar-refractivity contribution is 5.49. The summed E-state index contributed by atoms with van der Waals surface area (Å²) in [5.41, 5.74) is 0.862. The second kappa shape index (κ2) is 5.34. The summed E-state index contributed by atoms with van der Waals surface area (Å²) in [5, 5.41) is 4.28. The first kappa shape index (κ1) is 12.6. The second-order valence-electron chi connectivity index (χ2n) is 4.79. The van der Waals surface area contributed by atoms with Crippen LogP contribution in [-0.2, 0) is 9.47 Å². The maximum atomic E-state index is 5.69. The van der Waals surface area contributed by atoms with E-state index in [1.165, 1.54) is 6.33 Å². The molecule has 7 nitrogen and oxygen atoms in total. The molecule has 0 N–H and O–H groups in total. The molecule has 7 heteroatoms. The molecule has 2 aliphatic heterocycles. The molecule has 1 atom stereocenters. The van der Waals surface area contributed by atoms with E-state index in [0.717, 1.165) is 23.0 Å². The van der Waals surface area contributed by atoms with E-state index in [2.05, 4.69) is 10.1 Å². The molecule has 1 aromatic carbocycles. The average molecular weight is 289 g/mol. The molecule has 2 aromatic rings. The molecule has 0 amide bonds. The Morgan fingerprint density at radius 2 is 1.95 bits per heavy atom. The Bertz CT molecular complexity index is 637. The van der Waals surface area contributed by atoms with Gasteiger partial charge in [0.2, 0.25) is 0 Å². The van der Waals surface area contributed by atoms with Crippen LogP contribution in [0.3, 0.4) is 0 Å². The molecule has 21 heavy (non-hydrogen) atoms. The fraction of sp³-hybridized carbons (Fsp3) is 0.429. The predicted molar refractivity (Wildman–Crippen MR) is 71.9 cm³/mol. The van der Waals surface area contributed by atoms with E-state index in [1.807, 2.05) is 18.2 Å². The van der Waals surface area contributed by atoms with Gasteiger partial charge in [-0.05, 0) is 12.1 Å². The van der Waals surface area contributed by atoms with Gasteiger partial charge in [-0.2, -0.15) is 5.10 Å². The molecule has 4 rings (SSSR count). The van der Waals surface area contributed by atoms with Crippen molar-refractivity contribution < 1.29 is 18.9 Å². The lowest BCUT2D eigenvalue weighted by atomic mass is 10.2. The summed E-state index contributed by atoms with van der Waals surface area (Å²) < 4.78 is 24.0. The topological polar surface area (TPSA) is 67.6 Å². The van der Waals surface area contributed by atoms with Gasteiger partial charge in [-0.15, -0.1) is 0 Å². The molecule has 1 saturated heterocycles. The van der Waals surface area contributed by atoms with Gasteiger partial charge in [-0.1, -0.05) is 0 Å². The molecule has 0 spiro atoms. The average Bonchev–Trinajstić information content (AvgIpc) is 3.05.